The van der Waals surface area contributed by atoms with Crippen LogP contribution in [0.3, 0.4) is 0 Å². The van der Waals surface area contributed by atoms with E-state index in [9.17, 15) is 4.79 Å². The molecule has 0 aliphatic rings. The molecule has 1 aromatic heterocycles. The molecule has 0 bridgehead atoms. The fourth-order valence-electron chi connectivity index (χ4n) is 0.748. The lowest BCUT2D eigenvalue weighted by Crippen LogP contribution is -2.24. The summed E-state index contributed by atoms with van der Waals surface area (Å²) in [5, 5.41) is 3.88. The molecule has 0 aliphatic heterocycles. The molecule has 0 saturated carbocycles. The third kappa shape index (κ3) is 0.964. The average Bonchev–Trinajstić information content (AvgIpc) is 2.14. The molecule has 1 rings (SSSR count). The Bertz CT molecular complexity index is 271. The van der Waals surface area contributed by atoms with Crippen LogP contribution in [0.4, 0.5) is 0 Å². The van der Waals surface area contributed by atoms with Crippen LogP contribution in [0.15, 0.2) is 11.1 Å². The first-order valence-electron chi connectivity index (χ1n) is 3.23. The topological polar surface area (TPSA) is 39.8 Å². The monoisotopic (exact) mass is 141 g/mol. The van der Waals surface area contributed by atoms with Gasteiger partial charge >= 0.3 is 5.69 Å². The maximum Gasteiger partial charge on any atom is 0.345 e. The van der Waals surface area contributed by atoms with E-state index in [4.69, 9.17) is 0 Å². The second-order valence-electron chi connectivity index (χ2n) is 2.56. The van der Waals surface area contributed by atoms with Crippen molar-refractivity contribution >= 4 is 0 Å². The molecule has 4 nitrogen and oxygen atoms in total. The van der Waals surface area contributed by atoms with Gasteiger partial charge in [-0.25, -0.2) is 9.48 Å². The minimum absolute atomic E-state index is 0.0602. The van der Waals surface area contributed by atoms with Crippen molar-refractivity contribution in [2.24, 2.45) is 7.05 Å². The molecule has 1 heterocycles. The second-order valence-corrected chi connectivity index (χ2v) is 2.56. The predicted molar refractivity (Wildman–Crippen MR) is 37.9 cm³/mol. The van der Waals surface area contributed by atoms with Crippen molar-refractivity contribution in [1.82, 2.24) is 14.3 Å². The first kappa shape index (κ1) is 7.05. The van der Waals surface area contributed by atoms with Gasteiger partial charge in [-0.1, -0.05) is 0 Å². The molecular formula is C6H11N3O. The molecule has 0 atom stereocenters. The van der Waals surface area contributed by atoms with E-state index in [2.05, 4.69) is 5.10 Å². The highest BCUT2D eigenvalue weighted by Gasteiger charge is 2.03. The largest absolute Gasteiger partial charge is 0.345 e. The van der Waals surface area contributed by atoms with Crippen molar-refractivity contribution in [3.63, 3.8) is 0 Å². The zero-order chi connectivity index (χ0) is 7.72. The number of hydrogen-bond acceptors (Lipinski definition) is 2. The Morgan fingerprint density at radius 1 is 1.60 bits per heavy atom. The zero-order valence-electron chi connectivity index (χ0n) is 6.40. The van der Waals surface area contributed by atoms with Gasteiger partial charge in [-0.05, 0) is 13.8 Å². The number of aryl methyl sites for hydroxylation is 1. The van der Waals surface area contributed by atoms with E-state index in [0.29, 0.717) is 0 Å². The highest BCUT2D eigenvalue weighted by Crippen LogP contribution is 1.93. The Morgan fingerprint density at radius 2 is 2.20 bits per heavy atom. The summed E-state index contributed by atoms with van der Waals surface area (Å²) >= 11 is 0. The summed E-state index contributed by atoms with van der Waals surface area (Å²) in [6.07, 6.45) is 1.52. The van der Waals surface area contributed by atoms with Gasteiger partial charge in [-0.15, -0.1) is 0 Å². The van der Waals surface area contributed by atoms with Crippen molar-refractivity contribution in [1.29, 1.82) is 0 Å². The Kier molecular flexibility index (Phi) is 1.61. The van der Waals surface area contributed by atoms with Gasteiger partial charge in [0.15, 0.2) is 0 Å². The van der Waals surface area contributed by atoms with Gasteiger partial charge in [0.05, 0.1) is 6.04 Å². The Morgan fingerprint density at radius 3 is 2.40 bits per heavy atom. The van der Waals surface area contributed by atoms with Gasteiger partial charge in [-0.3, -0.25) is 4.57 Å². The van der Waals surface area contributed by atoms with Gasteiger partial charge in [0.25, 0.3) is 0 Å². The normalized spacial score (nSPS) is 10.8. The summed E-state index contributed by atoms with van der Waals surface area (Å²) in [4.78, 5) is 11.1. The number of aromatic nitrogens is 3. The molecular weight excluding hydrogens is 130 g/mol. The van der Waals surface area contributed by atoms with E-state index in [1.165, 1.54) is 15.6 Å². The number of rotatable bonds is 1. The third-order valence-electron chi connectivity index (χ3n) is 1.34. The van der Waals surface area contributed by atoms with E-state index >= 15 is 0 Å². The van der Waals surface area contributed by atoms with Crippen molar-refractivity contribution in [2.75, 3.05) is 0 Å². The maximum atomic E-state index is 11.1. The van der Waals surface area contributed by atoms with Crippen molar-refractivity contribution in [2.45, 2.75) is 19.9 Å². The molecule has 0 N–H and O–H groups in total. The van der Waals surface area contributed by atoms with E-state index in [1.54, 1.807) is 7.05 Å². The summed E-state index contributed by atoms with van der Waals surface area (Å²) in [6, 6.07) is 0.147. The Labute approximate surface area is 59.1 Å². The van der Waals surface area contributed by atoms with Crippen molar-refractivity contribution < 1.29 is 0 Å². The molecule has 56 valence electrons. The minimum atomic E-state index is -0.0602. The predicted octanol–water partition coefficient (Wildman–Crippen LogP) is 0.163. The van der Waals surface area contributed by atoms with E-state index in [1.807, 2.05) is 13.8 Å². The number of hydrogen-bond donors (Lipinski definition) is 0. The maximum absolute atomic E-state index is 11.1. The van der Waals surface area contributed by atoms with Crippen molar-refractivity contribution in [3.8, 4) is 0 Å². The van der Waals surface area contributed by atoms with Gasteiger partial charge < -0.3 is 0 Å². The molecule has 4 heteroatoms. The Hall–Kier alpha value is -1.06. The van der Waals surface area contributed by atoms with Crippen LogP contribution in [0.1, 0.15) is 19.9 Å². The molecule has 0 fully saturated rings. The van der Waals surface area contributed by atoms with Gasteiger partial charge in [0, 0.05) is 7.05 Å². The van der Waals surface area contributed by atoms with Crippen LogP contribution in [-0.2, 0) is 7.05 Å². The lowest BCUT2D eigenvalue weighted by Gasteiger charge is -2.00. The molecule has 10 heavy (non-hydrogen) atoms. The zero-order valence-corrected chi connectivity index (χ0v) is 6.40. The smallest absolute Gasteiger partial charge is 0.285 e. The molecule has 1 aromatic rings. The summed E-state index contributed by atoms with van der Waals surface area (Å²) in [6.45, 7) is 3.85. The van der Waals surface area contributed by atoms with Crippen LogP contribution in [-0.4, -0.2) is 14.3 Å². The Balaban J connectivity index is 3.18. The van der Waals surface area contributed by atoms with E-state index in [0.717, 1.165) is 0 Å². The summed E-state index contributed by atoms with van der Waals surface area (Å²) < 4.78 is 2.90. The second kappa shape index (κ2) is 2.28. The van der Waals surface area contributed by atoms with Crippen LogP contribution >= 0.6 is 0 Å². The molecule has 0 aliphatic carbocycles. The summed E-state index contributed by atoms with van der Waals surface area (Å²) in [7, 11) is 1.69. The van der Waals surface area contributed by atoms with Crippen LogP contribution in [0.25, 0.3) is 0 Å². The lowest BCUT2D eigenvalue weighted by atomic mass is 10.4. The fourth-order valence-corrected chi connectivity index (χ4v) is 0.748. The summed E-state index contributed by atoms with van der Waals surface area (Å²) in [5.74, 6) is 0. The minimum Gasteiger partial charge on any atom is -0.285 e. The molecule has 0 spiro atoms. The standard InChI is InChI=1S/C6H11N3O/c1-5(2)9-6(10)8(3)4-7-9/h4-5H,1-3H3. The molecule has 0 unspecified atom stereocenters. The number of nitrogens with zero attached hydrogens (tertiary/aromatic N) is 3. The quantitative estimate of drug-likeness (QED) is 0.559. The lowest BCUT2D eigenvalue weighted by molar-refractivity contribution is 0.508. The van der Waals surface area contributed by atoms with E-state index < -0.39 is 0 Å². The molecule has 0 saturated heterocycles. The molecule has 0 amide bonds. The first-order chi connectivity index (χ1) is 4.63. The average molecular weight is 141 g/mol. The van der Waals surface area contributed by atoms with Gasteiger partial charge in [0.1, 0.15) is 6.33 Å². The highest BCUT2D eigenvalue weighted by atomic mass is 16.2. The van der Waals surface area contributed by atoms with Crippen LogP contribution < -0.4 is 5.69 Å². The SMILES string of the molecule is CC(C)n1ncn(C)c1=O. The molecule has 0 aromatic carbocycles. The van der Waals surface area contributed by atoms with E-state index in [-0.39, 0.29) is 11.7 Å². The first-order valence-corrected chi connectivity index (χ1v) is 3.23. The fraction of sp³-hybridized carbons (Fsp3) is 0.667. The molecule has 0 radical (unpaired) electrons. The van der Waals surface area contributed by atoms with Crippen LogP contribution in [0.5, 0.6) is 0 Å². The van der Waals surface area contributed by atoms with Crippen LogP contribution in [0.2, 0.25) is 0 Å². The van der Waals surface area contributed by atoms with Crippen molar-refractivity contribution in [3.05, 3.63) is 16.8 Å². The van der Waals surface area contributed by atoms with Gasteiger partial charge in [0.2, 0.25) is 0 Å². The summed E-state index contributed by atoms with van der Waals surface area (Å²) in [5.41, 5.74) is -0.0602. The van der Waals surface area contributed by atoms with Crippen LogP contribution in [0, 0.1) is 0 Å². The highest BCUT2D eigenvalue weighted by molar-refractivity contribution is 4.67. The third-order valence-corrected chi connectivity index (χ3v) is 1.34. The van der Waals surface area contributed by atoms with Gasteiger partial charge in [-0.2, -0.15) is 5.10 Å².